The van der Waals surface area contributed by atoms with Crippen LogP contribution in [0.25, 0.3) is 0 Å². The van der Waals surface area contributed by atoms with Crippen LogP contribution < -0.4 is 0 Å². The molecule has 0 saturated carbocycles. The van der Waals surface area contributed by atoms with Crippen molar-refractivity contribution in [3.8, 4) is 0 Å². The van der Waals surface area contributed by atoms with E-state index in [2.05, 4.69) is 5.10 Å². The first-order valence-electron chi connectivity index (χ1n) is 7.74. The molecule has 1 atom stereocenters. The molecule has 0 spiro atoms. The maximum atomic E-state index is 13.5. The van der Waals surface area contributed by atoms with Gasteiger partial charge >= 0.3 is 0 Å². The van der Waals surface area contributed by atoms with Gasteiger partial charge in [-0.2, -0.15) is 5.10 Å². The first kappa shape index (κ1) is 16.6. The van der Waals surface area contributed by atoms with Gasteiger partial charge in [0, 0.05) is 30.4 Å². The highest BCUT2D eigenvalue weighted by Crippen LogP contribution is 2.30. The molecule has 2 aromatic rings. The molecule has 3 rings (SSSR count). The normalized spacial score (nSPS) is 18.0. The van der Waals surface area contributed by atoms with Gasteiger partial charge in [0.15, 0.2) is 11.6 Å². The summed E-state index contributed by atoms with van der Waals surface area (Å²) in [6.45, 7) is 4.96. The van der Waals surface area contributed by atoms with Crippen LogP contribution in [0.4, 0.5) is 8.78 Å². The second-order valence-electron chi connectivity index (χ2n) is 5.93. The molecular weight excluding hydrogens is 316 g/mol. The summed E-state index contributed by atoms with van der Waals surface area (Å²) in [6, 6.07) is 2.91. The Morgan fingerprint density at radius 2 is 2.04 bits per heavy atom. The Balaban J connectivity index is 1.97. The number of carbonyl (C=O) groups excluding carboxylic acids is 1. The van der Waals surface area contributed by atoms with E-state index in [1.807, 2.05) is 20.9 Å². The lowest BCUT2D eigenvalue weighted by atomic mass is 10.0. The number of aromatic nitrogens is 2. The van der Waals surface area contributed by atoms with Gasteiger partial charge in [-0.3, -0.25) is 9.48 Å². The summed E-state index contributed by atoms with van der Waals surface area (Å²) in [5, 5.41) is 4.39. The van der Waals surface area contributed by atoms with E-state index in [0.717, 1.165) is 29.1 Å². The number of nitrogens with zero attached hydrogens (tertiary/aromatic N) is 3. The molecule has 1 aromatic heterocycles. The highest BCUT2D eigenvalue weighted by atomic mass is 19.2. The van der Waals surface area contributed by atoms with Crippen LogP contribution >= 0.6 is 0 Å². The third-order valence-electron chi connectivity index (χ3n) is 4.45. The molecule has 5 nitrogen and oxygen atoms in total. The van der Waals surface area contributed by atoms with E-state index < -0.39 is 11.6 Å². The van der Waals surface area contributed by atoms with Gasteiger partial charge in [0.1, 0.15) is 0 Å². The number of carbonyl (C=O) groups is 1. The van der Waals surface area contributed by atoms with Crippen molar-refractivity contribution in [2.45, 2.75) is 19.9 Å². The number of halogens is 2. The SMILES string of the molecule is Cc1nn(C)c(C)c1C1COCCN1C(=O)c1ccc(F)c(F)c1. The first-order valence-corrected chi connectivity index (χ1v) is 7.74. The van der Waals surface area contributed by atoms with Gasteiger partial charge in [-0.25, -0.2) is 8.78 Å². The summed E-state index contributed by atoms with van der Waals surface area (Å²) in [5.41, 5.74) is 2.84. The maximum Gasteiger partial charge on any atom is 0.254 e. The average Bonchev–Trinajstić information content (AvgIpc) is 2.82. The molecule has 0 N–H and O–H groups in total. The fourth-order valence-electron chi connectivity index (χ4n) is 3.15. The molecule has 1 aromatic carbocycles. The minimum absolute atomic E-state index is 0.125. The minimum Gasteiger partial charge on any atom is -0.377 e. The van der Waals surface area contributed by atoms with Crippen LogP contribution in [0.1, 0.15) is 33.4 Å². The lowest BCUT2D eigenvalue weighted by Gasteiger charge is -2.36. The predicted molar refractivity (Wildman–Crippen MR) is 83.6 cm³/mol. The third kappa shape index (κ3) is 2.80. The summed E-state index contributed by atoms with van der Waals surface area (Å²) >= 11 is 0. The topological polar surface area (TPSA) is 47.4 Å². The molecule has 2 heterocycles. The van der Waals surface area contributed by atoms with Crippen LogP contribution in [-0.2, 0) is 11.8 Å². The van der Waals surface area contributed by atoms with Crippen molar-refractivity contribution in [1.29, 1.82) is 0 Å². The number of ether oxygens (including phenoxy) is 1. The van der Waals surface area contributed by atoms with Crippen LogP contribution in [-0.4, -0.2) is 40.3 Å². The van der Waals surface area contributed by atoms with Gasteiger partial charge in [-0.1, -0.05) is 0 Å². The zero-order chi connectivity index (χ0) is 17.4. The van der Waals surface area contributed by atoms with Crippen LogP contribution in [0.3, 0.4) is 0 Å². The van der Waals surface area contributed by atoms with Gasteiger partial charge in [-0.05, 0) is 32.0 Å². The largest absolute Gasteiger partial charge is 0.377 e. The first-order chi connectivity index (χ1) is 11.4. The number of hydrogen-bond acceptors (Lipinski definition) is 3. The smallest absolute Gasteiger partial charge is 0.254 e. The molecule has 24 heavy (non-hydrogen) atoms. The zero-order valence-electron chi connectivity index (χ0n) is 13.8. The van der Waals surface area contributed by atoms with E-state index in [1.165, 1.54) is 6.07 Å². The Hall–Kier alpha value is -2.28. The van der Waals surface area contributed by atoms with Crippen molar-refractivity contribution in [2.24, 2.45) is 7.05 Å². The van der Waals surface area contributed by atoms with Gasteiger partial charge < -0.3 is 9.64 Å². The van der Waals surface area contributed by atoms with Gasteiger partial charge in [0.25, 0.3) is 5.91 Å². The number of rotatable bonds is 2. The summed E-state index contributed by atoms with van der Waals surface area (Å²) in [6.07, 6.45) is 0. The molecule has 1 unspecified atom stereocenters. The van der Waals surface area contributed by atoms with E-state index in [9.17, 15) is 13.6 Å². The number of benzene rings is 1. The maximum absolute atomic E-state index is 13.5. The van der Waals surface area contributed by atoms with Gasteiger partial charge in [-0.15, -0.1) is 0 Å². The Labute approximate surface area is 138 Å². The number of morpholine rings is 1. The van der Waals surface area contributed by atoms with E-state index >= 15 is 0 Å². The fraction of sp³-hybridized carbons (Fsp3) is 0.412. The molecule has 128 valence electrons. The number of amides is 1. The Morgan fingerprint density at radius 1 is 1.29 bits per heavy atom. The molecule has 1 saturated heterocycles. The van der Waals surface area contributed by atoms with Gasteiger partial charge in [0.2, 0.25) is 0 Å². The lowest BCUT2D eigenvalue weighted by Crippen LogP contribution is -2.43. The molecule has 1 amide bonds. The van der Waals surface area contributed by atoms with E-state index in [4.69, 9.17) is 4.74 Å². The monoisotopic (exact) mass is 335 g/mol. The van der Waals surface area contributed by atoms with Crippen molar-refractivity contribution in [1.82, 2.24) is 14.7 Å². The highest BCUT2D eigenvalue weighted by Gasteiger charge is 2.33. The minimum atomic E-state index is -1.03. The predicted octanol–water partition coefficient (Wildman–Crippen LogP) is 2.53. The van der Waals surface area contributed by atoms with Crippen LogP contribution in [0.5, 0.6) is 0 Å². The Morgan fingerprint density at radius 3 is 2.67 bits per heavy atom. The summed E-state index contributed by atoms with van der Waals surface area (Å²) < 4.78 is 33.9. The number of hydrogen-bond donors (Lipinski definition) is 0. The van der Waals surface area contributed by atoms with Crippen molar-refractivity contribution < 1.29 is 18.3 Å². The molecule has 1 fully saturated rings. The second-order valence-corrected chi connectivity index (χ2v) is 5.93. The van der Waals surface area contributed by atoms with Crippen molar-refractivity contribution in [2.75, 3.05) is 19.8 Å². The average molecular weight is 335 g/mol. The quantitative estimate of drug-likeness (QED) is 0.847. The zero-order valence-corrected chi connectivity index (χ0v) is 13.8. The summed E-state index contributed by atoms with van der Waals surface area (Å²) in [4.78, 5) is 14.5. The standard InChI is InChI=1S/C17H19F2N3O2/c1-10-16(11(2)21(3)20-10)15-9-24-7-6-22(15)17(23)12-4-5-13(18)14(19)8-12/h4-5,8,15H,6-7,9H2,1-3H3. The molecule has 7 heteroatoms. The summed E-state index contributed by atoms with van der Waals surface area (Å²) in [7, 11) is 1.84. The highest BCUT2D eigenvalue weighted by molar-refractivity contribution is 5.94. The Bertz CT molecular complexity index is 788. The Kier molecular flexibility index (Phi) is 4.36. The molecule has 0 radical (unpaired) electrons. The molecule has 1 aliphatic heterocycles. The van der Waals surface area contributed by atoms with Crippen molar-refractivity contribution >= 4 is 5.91 Å². The van der Waals surface area contributed by atoms with E-state index in [1.54, 1.807) is 9.58 Å². The fourth-order valence-corrected chi connectivity index (χ4v) is 3.15. The van der Waals surface area contributed by atoms with Crippen LogP contribution in [0.2, 0.25) is 0 Å². The van der Waals surface area contributed by atoms with Crippen molar-refractivity contribution in [3.05, 3.63) is 52.3 Å². The van der Waals surface area contributed by atoms with Gasteiger partial charge in [0.05, 0.1) is 24.9 Å². The second kappa shape index (κ2) is 6.32. The lowest BCUT2D eigenvalue weighted by molar-refractivity contribution is -0.00307. The number of aryl methyl sites for hydroxylation is 2. The molecule has 0 aliphatic carbocycles. The molecule has 0 bridgehead atoms. The third-order valence-corrected chi connectivity index (χ3v) is 4.45. The van der Waals surface area contributed by atoms with E-state index in [0.29, 0.717) is 19.8 Å². The molecule has 1 aliphatic rings. The summed E-state index contributed by atoms with van der Waals surface area (Å²) in [5.74, 6) is -2.34. The van der Waals surface area contributed by atoms with Crippen molar-refractivity contribution in [3.63, 3.8) is 0 Å². The van der Waals surface area contributed by atoms with E-state index in [-0.39, 0.29) is 17.5 Å². The molecular formula is C17H19F2N3O2. The van der Waals surface area contributed by atoms with Crippen LogP contribution in [0, 0.1) is 25.5 Å². The van der Waals surface area contributed by atoms with Crippen LogP contribution in [0.15, 0.2) is 18.2 Å².